The van der Waals surface area contributed by atoms with Crippen LogP contribution in [0.15, 0.2) is 29.8 Å². The summed E-state index contributed by atoms with van der Waals surface area (Å²) in [6.45, 7) is 2.85. The van der Waals surface area contributed by atoms with Crippen molar-refractivity contribution in [1.82, 2.24) is 0 Å². The van der Waals surface area contributed by atoms with E-state index < -0.39 is 32.8 Å². The molecule has 0 saturated carbocycles. The Bertz CT molecular complexity index is 898. The Morgan fingerprint density at radius 2 is 2.10 bits per heavy atom. The summed E-state index contributed by atoms with van der Waals surface area (Å²) in [5.41, 5.74) is -0.0135. The van der Waals surface area contributed by atoms with Crippen LogP contribution in [0, 0.1) is 5.82 Å². The van der Waals surface area contributed by atoms with Crippen molar-refractivity contribution >= 4 is 33.3 Å². The molecular formula is C19H23ClFNO6S. The first-order valence-corrected chi connectivity index (χ1v) is 11.3. The van der Waals surface area contributed by atoms with E-state index in [4.69, 9.17) is 25.8 Å². The number of ether oxygens (including phenoxy) is 3. The number of esters is 1. The van der Waals surface area contributed by atoms with Crippen molar-refractivity contribution in [3.63, 3.8) is 0 Å². The van der Waals surface area contributed by atoms with E-state index in [1.807, 2.05) is 6.92 Å². The Labute approximate surface area is 174 Å². The number of benzene rings is 1. The van der Waals surface area contributed by atoms with E-state index in [1.54, 1.807) is 0 Å². The highest BCUT2D eigenvalue weighted by molar-refractivity contribution is 7.93. The summed E-state index contributed by atoms with van der Waals surface area (Å²) in [6, 6.07) is 3.33. The van der Waals surface area contributed by atoms with E-state index in [-0.39, 0.29) is 35.7 Å². The van der Waals surface area contributed by atoms with Crippen LogP contribution in [-0.2, 0) is 29.0 Å². The molecule has 1 N–H and O–H groups in total. The zero-order valence-electron chi connectivity index (χ0n) is 16.0. The molecule has 0 amide bonds. The predicted octanol–water partition coefficient (Wildman–Crippen LogP) is 3.40. The molecule has 1 aromatic rings. The van der Waals surface area contributed by atoms with E-state index in [9.17, 15) is 17.6 Å². The van der Waals surface area contributed by atoms with Crippen molar-refractivity contribution in [1.29, 1.82) is 0 Å². The number of nitrogens with one attached hydrogen (secondary N) is 1. The molecule has 3 rings (SSSR count). The molecule has 1 atom stereocenters. The Kier molecular flexibility index (Phi) is 6.83. The van der Waals surface area contributed by atoms with Crippen molar-refractivity contribution in [2.45, 2.75) is 43.6 Å². The van der Waals surface area contributed by atoms with E-state index >= 15 is 0 Å². The normalized spacial score (nSPS) is 21.1. The molecule has 1 aliphatic carbocycles. The van der Waals surface area contributed by atoms with Gasteiger partial charge in [-0.3, -0.25) is 4.72 Å². The Hall–Kier alpha value is -1.68. The lowest BCUT2D eigenvalue weighted by Gasteiger charge is -2.33. The van der Waals surface area contributed by atoms with Gasteiger partial charge in [0.15, 0.2) is 5.79 Å². The summed E-state index contributed by atoms with van der Waals surface area (Å²) in [7, 11) is -4.08. The first-order valence-electron chi connectivity index (χ1n) is 9.41. The number of hydrogen-bond acceptors (Lipinski definition) is 6. The van der Waals surface area contributed by atoms with Gasteiger partial charge in [-0.05, 0) is 37.1 Å². The van der Waals surface area contributed by atoms with E-state index in [2.05, 4.69) is 4.72 Å². The Balaban J connectivity index is 1.89. The van der Waals surface area contributed by atoms with Crippen LogP contribution in [0.1, 0.15) is 32.6 Å². The number of carbonyl (C=O) groups is 1. The van der Waals surface area contributed by atoms with Gasteiger partial charge in [-0.25, -0.2) is 17.6 Å². The van der Waals surface area contributed by atoms with Gasteiger partial charge < -0.3 is 14.2 Å². The van der Waals surface area contributed by atoms with Gasteiger partial charge >= 0.3 is 5.97 Å². The van der Waals surface area contributed by atoms with Gasteiger partial charge in [0, 0.05) is 6.42 Å². The number of hydrogen-bond donors (Lipinski definition) is 1. The Morgan fingerprint density at radius 1 is 1.38 bits per heavy atom. The zero-order valence-corrected chi connectivity index (χ0v) is 17.5. The number of rotatable bonds is 7. The summed E-state index contributed by atoms with van der Waals surface area (Å²) >= 11 is 5.94. The van der Waals surface area contributed by atoms with Gasteiger partial charge in [0.1, 0.15) is 11.1 Å². The molecule has 0 radical (unpaired) electrons. The highest BCUT2D eigenvalue weighted by Crippen LogP contribution is 2.38. The van der Waals surface area contributed by atoms with Crippen LogP contribution in [0.2, 0.25) is 5.02 Å². The smallest absolute Gasteiger partial charge is 0.335 e. The SMILES string of the molecule is CCCCOC(=O)C1=CC2(CCC1S(=O)(=O)Nc1ccc(F)cc1Cl)OCCO2. The molecular weight excluding hydrogens is 425 g/mol. The highest BCUT2D eigenvalue weighted by Gasteiger charge is 2.46. The van der Waals surface area contributed by atoms with Crippen LogP contribution in [0.5, 0.6) is 0 Å². The van der Waals surface area contributed by atoms with Gasteiger partial charge in [0.25, 0.3) is 0 Å². The molecule has 2 aliphatic rings. The van der Waals surface area contributed by atoms with Crippen molar-refractivity contribution in [3.8, 4) is 0 Å². The lowest BCUT2D eigenvalue weighted by atomic mass is 9.94. The van der Waals surface area contributed by atoms with Gasteiger partial charge in [-0.15, -0.1) is 0 Å². The van der Waals surface area contributed by atoms with Crippen LogP contribution >= 0.6 is 11.6 Å². The number of anilines is 1. The summed E-state index contributed by atoms with van der Waals surface area (Å²) in [5, 5.41) is -1.27. The topological polar surface area (TPSA) is 90.9 Å². The number of unbranched alkanes of at least 4 members (excludes halogenated alkanes) is 1. The Morgan fingerprint density at radius 3 is 2.76 bits per heavy atom. The minimum atomic E-state index is -4.08. The van der Waals surface area contributed by atoms with Gasteiger partial charge in [-0.1, -0.05) is 24.9 Å². The van der Waals surface area contributed by atoms with Crippen LogP contribution in [-0.4, -0.2) is 45.2 Å². The fourth-order valence-corrected chi connectivity index (χ4v) is 5.11. The third-order valence-corrected chi connectivity index (χ3v) is 6.83. The van der Waals surface area contributed by atoms with Gasteiger partial charge in [-0.2, -0.15) is 0 Å². The van der Waals surface area contributed by atoms with Gasteiger partial charge in [0.2, 0.25) is 10.0 Å². The van der Waals surface area contributed by atoms with Crippen molar-refractivity contribution in [2.75, 3.05) is 24.5 Å². The summed E-state index contributed by atoms with van der Waals surface area (Å²) < 4.78 is 58.2. The van der Waals surface area contributed by atoms with Crippen LogP contribution < -0.4 is 4.72 Å². The van der Waals surface area contributed by atoms with Crippen LogP contribution in [0.25, 0.3) is 0 Å². The third kappa shape index (κ3) is 5.09. The molecule has 1 unspecified atom stereocenters. The van der Waals surface area contributed by atoms with Crippen molar-refractivity contribution in [3.05, 3.63) is 40.7 Å². The number of halogens is 2. The maximum atomic E-state index is 13.3. The fraction of sp³-hybridized carbons (Fsp3) is 0.526. The van der Waals surface area contributed by atoms with Crippen LogP contribution in [0.3, 0.4) is 0 Å². The monoisotopic (exact) mass is 447 g/mol. The predicted molar refractivity (Wildman–Crippen MR) is 106 cm³/mol. The average molecular weight is 448 g/mol. The maximum absolute atomic E-state index is 13.3. The number of sulfonamides is 1. The standard InChI is InChI=1S/C19H23ClFNO6S/c1-2-3-8-26-18(23)14-12-19(27-9-10-28-19)7-6-17(14)29(24,25)22-16-5-4-13(21)11-15(16)20/h4-5,11-12,17,22H,2-3,6-10H2,1H3. The van der Waals surface area contributed by atoms with Crippen molar-refractivity contribution in [2.24, 2.45) is 0 Å². The molecule has 1 aromatic carbocycles. The second kappa shape index (κ2) is 8.99. The molecule has 1 aliphatic heterocycles. The first kappa shape index (κ1) is 22.0. The minimum absolute atomic E-state index is 0.0282. The molecule has 10 heteroatoms. The minimum Gasteiger partial charge on any atom is -0.462 e. The first-order chi connectivity index (χ1) is 13.8. The lowest BCUT2D eigenvalue weighted by Crippen LogP contribution is -2.42. The molecule has 160 valence electrons. The summed E-state index contributed by atoms with van der Waals surface area (Å²) in [5.74, 6) is -2.43. The largest absolute Gasteiger partial charge is 0.462 e. The summed E-state index contributed by atoms with van der Waals surface area (Å²) in [6.07, 6.45) is 3.26. The van der Waals surface area contributed by atoms with Crippen LogP contribution in [0.4, 0.5) is 10.1 Å². The summed E-state index contributed by atoms with van der Waals surface area (Å²) in [4.78, 5) is 12.7. The molecule has 0 bridgehead atoms. The number of carbonyl (C=O) groups excluding carboxylic acids is 1. The quantitative estimate of drug-likeness (QED) is 0.509. The second-order valence-corrected chi connectivity index (χ2v) is 9.17. The van der Waals surface area contributed by atoms with Crippen molar-refractivity contribution < 1.29 is 31.8 Å². The van der Waals surface area contributed by atoms with E-state index in [0.29, 0.717) is 19.6 Å². The molecule has 7 nitrogen and oxygen atoms in total. The highest BCUT2D eigenvalue weighted by atomic mass is 35.5. The molecule has 1 heterocycles. The maximum Gasteiger partial charge on any atom is 0.335 e. The van der Waals surface area contributed by atoms with Gasteiger partial charge in [0.05, 0.1) is 36.1 Å². The lowest BCUT2D eigenvalue weighted by molar-refractivity contribution is -0.143. The molecule has 29 heavy (non-hydrogen) atoms. The van der Waals surface area contributed by atoms with E-state index in [0.717, 1.165) is 18.6 Å². The third-order valence-electron chi connectivity index (χ3n) is 4.78. The fourth-order valence-electron chi connectivity index (χ4n) is 3.29. The zero-order chi connectivity index (χ0) is 21.1. The molecule has 0 aromatic heterocycles. The second-order valence-electron chi connectivity index (χ2n) is 6.90. The molecule has 1 fully saturated rings. The molecule has 1 spiro atoms. The molecule has 1 saturated heterocycles. The average Bonchev–Trinajstić information content (AvgIpc) is 3.11. The van der Waals surface area contributed by atoms with E-state index in [1.165, 1.54) is 12.1 Å².